The molecular weight excluding hydrogens is 208 g/mol. The zero-order valence-corrected chi connectivity index (χ0v) is 10.5. The fourth-order valence-electron chi connectivity index (χ4n) is 1.52. The number of carbonyl (C=O) groups excluding carboxylic acids is 1. The first-order valence-electron chi connectivity index (χ1n) is 5.67. The molecule has 0 aliphatic heterocycles. The van der Waals surface area contributed by atoms with Crippen molar-refractivity contribution in [2.75, 3.05) is 27.3 Å². The van der Waals surface area contributed by atoms with E-state index in [1.165, 1.54) is 12.0 Å². The van der Waals surface area contributed by atoms with Gasteiger partial charge in [0, 0.05) is 33.2 Å². The summed E-state index contributed by atoms with van der Waals surface area (Å²) in [5, 5.41) is 9.46. The molecule has 0 aliphatic carbocycles. The Hall–Kier alpha value is -0.650. The van der Waals surface area contributed by atoms with Crippen LogP contribution in [0.5, 0.6) is 0 Å². The molecule has 5 nitrogen and oxygen atoms in total. The van der Waals surface area contributed by atoms with E-state index in [4.69, 9.17) is 10.5 Å². The highest BCUT2D eigenvalue weighted by Gasteiger charge is 2.16. The fourth-order valence-corrected chi connectivity index (χ4v) is 1.52. The molecule has 5 heteroatoms. The van der Waals surface area contributed by atoms with Gasteiger partial charge in [0.15, 0.2) is 0 Å². The molecule has 0 fully saturated rings. The summed E-state index contributed by atoms with van der Waals surface area (Å²) in [5.41, 5.74) is 5.78. The lowest BCUT2D eigenvalue weighted by Gasteiger charge is -2.22. The number of hydrogen-bond acceptors (Lipinski definition) is 4. The van der Waals surface area contributed by atoms with Crippen LogP contribution in [0.3, 0.4) is 0 Å². The van der Waals surface area contributed by atoms with Crippen molar-refractivity contribution >= 4 is 5.91 Å². The van der Waals surface area contributed by atoms with Gasteiger partial charge in [-0.25, -0.2) is 0 Å². The van der Waals surface area contributed by atoms with Gasteiger partial charge in [-0.1, -0.05) is 13.3 Å². The average Bonchev–Trinajstić information content (AvgIpc) is 2.17. The number of ether oxygens (including phenoxy) is 1. The summed E-state index contributed by atoms with van der Waals surface area (Å²) >= 11 is 0. The van der Waals surface area contributed by atoms with Crippen molar-refractivity contribution in [2.45, 2.75) is 38.3 Å². The summed E-state index contributed by atoms with van der Waals surface area (Å²) in [5.74, 6) is -0.0314. The Labute approximate surface area is 97.6 Å². The molecule has 0 saturated carbocycles. The van der Waals surface area contributed by atoms with Crippen LogP contribution in [-0.4, -0.2) is 55.4 Å². The highest BCUT2D eigenvalue weighted by molar-refractivity contribution is 5.76. The molecule has 0 radical (unpaired) electrons. The number of rotatable bonds is 8. The second-order valence-corrected chi connectivity index (χ2v) is 4.14. The fraction of sp³-hybridized carbons (Fsp3) is 0.909. The van der Waals surface area contributed by atoms with Gasteiger partial charge in [-0.15, -0.1) is 0 Å². The zero-order chi connectivity index (χ0) is 12.6. The summed E-state index contributed by atoms with van der Waals surface area (Å²) < 4.78 is 4.79. The smallest absolute Gasteiger partial charge is 0.223 e. The number of likely N-dealkylation sites (N-methyl/N-ethyl adjacent to an activating group) is 1. The molecule has 0 rings (SSSR count). The van der Waals surface area contributed by atoms with Crippen LogP contribution < -0.4 is 5.73 Å². The topological polar surface area (TPSA) is 75.8 Å². The molecule has 0 aromatic rings. The summed E-state index contributed by atoms with van der Waals surface area (Å²) in [4.78, 5) is 13.2. The summed E-state index contributed by atoms with van der Waals surface area (Å²) in [6.45, 7) is 2.56. The molecule has 0 aromatic carbocycles. The van der Waals surface area contributed by atoms with Gasteiger partial charge in [-0.2, -0.15) is 0 Å². The van der Waals surface area contributed by atoms with E-state index in [2.05, 4.69) is 0 Å². The maximum atomic E-state index is 11.7. The predicted molar refractivity (Wildman–Crippen MR) is 63.0 cm³/mol. The maximum Gasteiger partial charge on any atom is 0.223 e. The number of nitrogens with two attached hydrogens (primary N) is 1. The lowest BCUT2D eigenvalue weighted by Crippen LogP contribution is -2.39. The molecule has 96 valence electrons. The quantitative estimate of drug-likeness (QED) is 0.616. The van der Waals surface area contributed by atoms with Crippen LogP contribution in [-0.2, 0) is 9.53 Å². The molecule has 0 bridgehead atoms. The van der Waals surface area contributed by atoms with Gasteiger partial charge in [0.05, 0.1) is 12.7 Å². The van der Waals surface area contributed by atoms with Crippen molar-refractivity contribution < 1.29 is 14.6 Å². The van der Waals surface area contributed by atoms with Gasteiger partial charge in [0.2, 0.25) is 5.91 Å². The lowest BCUT2D eigenvalue weighted by molar-refractivity contribution is -0.132. The molecule has 0 spiro atoms. The standard InChI is InChI=1S/C11H24N2O3/c1-4-5-9(12)6-11(15)13(2)7-10(14)8-16-3/h9-10,14H,4-8,12H2,1-3H3. The molecule has 0 aromatic heterocycles. The van der Waals surface area contributed by atoms with Crippen molar-refractivity contribution in [3.05, 3.63) is 0 Å². The van der Waals surface area contributed by atoms with Gasteiger partial charge in [0.1, 0.15) is 0 Å². The van der Waals surface area contributed by atoms with Crippen LogP contribution in [0.2, 0.25) is 0 Å². The second-order valence-electron chi connectivity index (χ2n) is 4.14. The van der Waals surface area contributed by atoms with Crippen molar-refractivity contribution in [1.29, 1.82) is 0 Å². The van der Waals surface area contributed by atoms with E-state index in [0.717, 1.165) is 12.8 Å². The molecule has 0 heterocycles. The lowest BCUT2D eigenvalue weighted by atomic mass is 10.1. The molecule has 2 unspecified atom stereocenters. The van der Waals surface area contributed by atoms with Gasteiger partial charge >= 0.3 is 0 Å². The first kappa shape index (κ1) is 15.3. The highest BCUT2D eigenvalue weighted by Crippen LogP contribution is 2.02. The monoisotopic (exact) mass is 232 g/mol. The highest BCUT2D eigenvalue weighted by atomic mass is 16.5. The minimum Gasteiger partial charge on any atom is -0.389 e. The van der Waals surface area contributed by atoms with Gasteiger partial charge in [0.25, 0.3) is 0 Å². The minimum absolute atomic E-state index is 0.0314. The van der Waals surface area contributed by atoms with E-state index in [1.54, 1.807) is 7.05 Å². The van der Waals surface area contributed by atoms with Gasteiger partial charge in [-0.05, 0) is 6.42 Å². The molecule has 1 amide bonds. The second kappa shape index (κ2) is 8.50. The van der Waals surface area contributed by atoms with E-state index in [1.807, 2.05) is 6.92 Å². The van der Waals surface area contributed by atoms with Crippen LogP contribution in [0.25, 0.3) is 0 Å². The van der Waals surface area contributed by atoms with Crippen LogP contribution in [0.4, 0.5) is 0 Å². The molecular formula is C11H24N2O3. The van der Waals surface area contributed by atoms with E-state index in [-0.39, 0.29) is 25.1 Å². The van der Waals surface area contributed by atoms with Crippen LogP contribution >= 0.6 is 0 Å². The van der Waals surface area contributed by atoms with Crippen LogP contribution in [0, 0.1) is 0 Å². The Morgan fingerprint density at radius 3 is 2.69 bits per heavy atom. The van der Waals surface area contributed by atoms with Crippen LogP contribution in [0.1, 0.15) is 26.2 Å². The first-order valence-corrected chi connectivity index (χ1v) is 5.67. The van der Waals surface area contributed by atoms with Gasteiger partial charge < -0.3 is 20.5 Å². The van der Waals surface area contributed by atoms with Crippen LogP contribution in [0.15, 0.2) is 0 Å². The van der Waals surface area contributed by atoms with Crippen molar-refractivity contribution in [2.24, 2.45) is 5.73 Å². The number of methoxy groups -OCH3 is 1. The maximum absolute atomic E-state index is 11.7. The number of amides is 1. The Balaban J connectivity index is 3.89. The van der Waals surface area contributed by atoms with Crippen molar-refractivity contribution in [3.8, 4) is 0 Å². The number of aliphatic hydroxyl groups excluding tert-OH is 1. The Kier molecular flexibility index (Phi) is 8.15. The minimum atomic E-state index is -0.638. The van der Waals surface area contributed by atoms with E-state index in [0.29, 0.717) is 6.42 Å². The Morgan fingerprint density at radius 2 is 2.19 bits per heavy atom. The number of nitrogens with zero attached hydrogens (tertiary/aromatic N) is 1. The molecule has 0 aliphatic rings. The molecule has 0 saturated heterocycles. The third-order valence-corrected chi connectivity index (χ3v) is 2.37. The van der Waals surface area contributed by atoms with E-state index >= 15 is 0 Å². The summed E-state index contributed by atoms with van der Waals surface area (Å²) in [6, 6.07) is -0.0838. The normalized spacial score (nSPS) is 14.6. The molecule has 2 atom stereocenters. The summed E-state index contributed by atoms with van der Waals surface area (Å²) in [7, 11) is 3.18. The number of aliphatic hydroxyl groups is 1. The van der Waals surface area contributed by atoms with Crippen molar-refractivity contribution in [1.82, 2.24) is 4.90 Å². The SMILES string of the molecule is CCCC(N)CC(=O)N(C)CC(O)COC. The van der Waals surface area contributed by atoms with E-state index < -0.39 is 6.10 Å². The summed E-state index contributed by atoms with van der Waals surface area (Å²) in [6.07, 6.45) is 1.52. The zero-order valence-electron chi connectivity index (χ0n) is 10.5. The first-order chi connectivity index (χ1) is 7.51. The average molecular weight is 232 g/mol. The molecule has 3 N–H and O–H groups in total. The van der Waals surface area contributed by atoms with Crippen molar-refractivity contribution in [3.63, 3.8) is 0 Å². The predicted octanol–water partition coefficient (Wildman–Crippen LogP) is -0.0304. The Morgan fingerprint density at radius 1 is 1.56 bits per heavy atom. The number of hydrogen-bond donors (Lipinski definition) is 2. The third-order valence-electron chi connectivity index (χ3n) is 2.37. The third kappa shape index (κ3) is 6.76. The Bertz CT molecular complexity index is 200. The van der Waals surface area contributed by atoms with E-state index in [9.17, 15) is 9.90 Å². The van der Waals surface area contributed by atoms with Gasteiger partial charge in [-0.3, -0.25) is 4.79 Å². The largest absolute Gasteiger partial charge is 0.389 e. The number of carbonyl (C=O) groups is 1. The molecule has 16 heavy (non-hydrogen) atoms.